The quantitative estimate of drug-likeness (QED) is 0.741. The van der Waals surface area contributed by atoms with E-state index in [1.54, 1.807) is 6.92 Å². The number of rotatable bonds is 4. The lowest BCUT2D eigenvalue weighted by atomic mass is 10.1. The van der Waals surface area contributed by atoms with Gasteiger partial charge < -0.3 is 4.98 Å². The van der Waals surface area contributed by atoms with E-state index in [1.807, 2.05) is 6.07 Å². The van der Waals surface area contributed by atoms with Gasteiger partial charge in [0.2, 0.25) is 0 Å². The van der Waals surface area contributed by atoms with Gasteiger partial charge in [-0.2, -0.15) is 23.5 Å². The normalized spacial score (nSPS) is 15.5. The summed E-state index contributed by atoms with van der Waals surface area (Å²) in [6.45, 7) is 1.74. The van der Waals surface area contributed by atoms with Gasteiger partial charge in [-0.25, -0.2) is 9.67 Å². The van der Waals surface area contributed by atoms with Crippen LogP contribution in [0.15, 0.2) is 29.1 Å². The topological polar surface area (TPSA) is 87.4 Å². The molecule has 0 unspecified atom stereocenters. The third-order valence-electron chi connectivity index (χ3n) is 4.98. The standard InChI is InChI=1S/C19H16F3N5O/c1-10(12-4-6-13(7-5-12)19(20,21)22)27-17-16(14(9-23)26-27)18(28)25-15(24-17)8-11-2-3-11/h4-7,10-11H,2-3,8H2,1H3,(H,24,25,28)/t10-/m1/s1. The Labute approximate surface area is 157 Å². The van der Waals surface area contributed by atoms with Gasteiger partial charge in [0.1, 0.15) is 17.3 Å². The Kier molecular flexibility index (Phi) is 4.22. The van der Waals surface area contributed by atoms with Gasteiger partial charge in [-0.3, -0.25) is 4.79 Å². The molecule has 1 N–H and O–H groups in total. The van der Waals surface area contributed by atoms with Crippen LogP contribution in [0.3, 0.4) is 0 Å². The number of hydrogen-bond donors (Lipinski definition) is 1. The number of aromatic amines is 1. The number of aromatic nitrogens is 4. The van der Waals surface area contributed by atoms with Crippen LogP contribution in [0.4, 0.5) is 13.2 Å². The van der Waals surface area contributed by atoms with Crippen LogP contribution in [0.2, 0.25) is 0 Å². The number of H-pyrrole nitrogens is 1. The molecule has 1 aliphatic carbocycles. The fourth-order valence-electron chi connectivity index (χ4n) is 3.22. The number of hydrogen-bond acceptors (Lipinski definition) is 4. The second-order valence-electron chi connectivity index (χ2n) is 7.06. The van der Waals surface area contributed by atoms with Crippen LogP contribution in [0, 0.1) is 17.2 Å². The number of alkyl halides is 3. The van der Waals surface area contributed by atoms with Crippen molar-refractivity contribution in [2.24, 2.45) is 5.92 Å². The van der Waals surface area contributed by atoms with E-state index in [0.29, 0.717) is 23.7 Å². The van der Waals surface area contributed by atoms with Gasteiger partial charge in [0.15, 0.2) is 11.3 Å². The van der Waals surface area contributed by atoms with Crippen molar-refractivity contribution in [3.05, 3.63) is 57.3 Å². The molecule has 1 aromatic carbocycles. The van der Waals surface area contributed by atoms with E-state index < -0.39 is 23.3 Å². The molecular weight excluding hydrogens is 371 g/mol. The maximum Gasteiger partial charge on any atom is 0.416 e. The summed E-state index contributed by atoms with van der Waals surface area (Å²) in [6.07, 6.45) is -1.59. The van der Waals surface area contributed by atoms with E-state index in [4.69, 9.17) is 0 Å². The zero-order valence-corrected chi connectivity index (χ0v) is 14.9. The number of halogens is 3. The maximum atomic E-state index is 12.8. The zero-order valence-electron chi connectivity index (χ0n) is 14.9. The molecule has 1 saturated carbocycles. The average molecular weight is 387 g/mol. The predicted octanol–water partition coefficient (Wildman–Crippen LogP) is 3.57. The summed E-state index contributed by atoms with van der Waals surface area (Å²) in [5.41, 5.74) is -0.396. The van der Waals surface area contributed by atoms with E-state index in [1.165, 1.54) is 16.8 Å². The monoisotopic (exact) mass is 387 g/mol. The fraction of sp³-hybridized carbons (Fsp3) is 0.368. The largest absolute Gasteiger partial charge is 0.416 e. The van der Waals surface area contributed by atoms with Crippen LogP contribution in [0.1, 0.15) is 48.5 Å². The number of benzene rings is 1. The molecule has 2 aromatic heterocycles. The Hall–Kier alpha value is -3.15. The number of nitrogens with one attached hydrogen (secondary N) is 1. The summed E-state index contributed by atoms with van der Waals surface area (Å²) in [5.74, 6) is 1.03. The minimum Gasteiger partial charge on any atom is -0.310 e. The SMILES string of the molecule is C[C@H](c1ccc(C(F)(F)F)cc1)n1nc(C#N)c2c(=O)[nH]c(CC3CC3)nc21. The predicted molar refractivity (Wildman–Crippen MR) is 94.5 cm³/mol. The molecule has 3 aromatic rings. The average Bonchev–Trinajstić information content (AvgIpc) is 3.38. The molecule has 0 aliphatic heterocycles. The summed E-state index contributed by atoms with van der Waals surface area (Å²) in [4.78, 5) is 19.7. The first-order chi connectivity index (χ1) is 13.3. The number of nitrogens with zero attached hydrogens (tertiary/aromatic N) is 4. The summed E-state index contributed by atoms with van der Waals surface area (Å²) in [5, 5.41) is 13.6. The van der Waals surface area contributed by atoms with Gasteiger partial charge in [0, 0.05) is 6.42 Å². The van der Waals surface area contributed by atoms with Gasteiger partial charge in [-0.15, -0.1) is 0 Å². The Morgan fingerprint density at radius 1 is 1.32 bits per heavy atom. The van der Waals surface area contributed by atoms with Gasteiger partial charge in [-0.05, 0) is 43.4 Å². The second-order valence-corrected chi connectivity index (χ2v) is 7.06. The van der Waals surface area contributed by atoms with Gasteiger partial charge in [0.05, 0.1) is 11.6 Å². The van der Waals surface area contributed by atoms with Crippen LogP contribution in [0.25, 0.3) is 11.0 Å². The van der Waals surface area contributed by atoms with Crippen molar-refractivity contribution in [2.75, 3.05) is 0 Å². The molecule has 4 rings (SSSR count). The number of nitriles is 1. The first-order valence-corrected chi connectivity index (χ1v) is 8.86. The highest BCUT2D eigenvalue weighted by Crippen LogP contribution is 2.33. The molecule has 9 heteroatoms. The Morgan fingerprint density at radius 2 is 2.00 bits per heavy atom. The smallest absolute Gasteiger partial charge is 0.310 e. The molecule has 0 amide bonds. The summed E-state index contributed by atoms with van der Waals surface area (Å²) >= 11 is 0. The Balaban J connectivity index is 1.79. The first kappa shape index (κ1) is 18.2. The van der Waals surface area contributed by atoms with Crippen molar-refractivity contribution in [1.29, 1.82) is 5.26 Å². The van der Waals surface area contributed by atoms with Crippen molar-refractivity contribution in [3.8, 4) is 6.07 Å². The lowest BCUT2D eigenvalue weighted by molar-refractivity contribution is -0.137. The van der Waals surface area contributed by atoms with E-state index in [2.05, 4.69) is 15.1 Å². The highest BCUT2D eigenvalue weighted by Gasteiger charge is 2.30. The lowest BCUT2D eigenvalue weighted by Gasteiger charge is -2.15. The molecule has 0 radical (unpaired) electrons. The summed E-state index contributed by atoms with van der Waals surface area (Å²) < 4.78 is 39.8. The van der Waals surface area contributed by atoms with Crippen LogP contribution < -0.4 is 5.56 Å². The van der Waals surface area contributed by atoms with Gasteiger partial charge >= 0.3 is 6.18 Å². The van der Waals surface area contributed by atoms with Crippen LogP contribution in [-0.4, -0.2) is 19.7 Å². The molecule has 1 fully saturated rings. The summed E-state index contributed by atoms with van der Waals surface area (Å²) in [6, 6.07) is 6.13. The molecule has 144 valence electrons. The van der Waals surface area contributed by atoms with E-state index in [0.717, 1.165) is 25.0 Å². The first-order valence-electron chi connectivity index (χ1n) is 8.86. The second kappa shape index (κ2) is 6.48. The highest BCUT2D eigenvalue weighted by molar-refractivity contribution is 5.80. The molecule has 0 bridgehead atoms. The van der Waals surface area contributed by atoms with E-state index in [-0.39, 0.29) is 16.7 Å². The Morgan fingerprint density at radius 3 is 2.57 bits per heavy atom. The third-order valence-corrected chi connectivity index (χ3v) is 4.98. The maximum absolute atomic E-state index is 12.8. The van der Waals surface area contributed by atoms with Crippen molar-refractivity contribution in [3.63, 3.8) is 0 Å². The summed E-state index contributed by atoms with van der Waals surface area (Å²) in [7, 11) is 0. The van der Waals surface area contributed by atoms with Crippen molar-refractivity contribution in [1.82, 2.24) is 19.7 Å². The van der Waals surface area contributed by atoms with E-state index in [9.17, 15) is 23.2 Å². The van der Waals surface area contributed by atoms with Crippen molar-refractivity contribution < 1.29 is 13.2 Å². The van der Waals surface area contributed by atoms with Crippen molar-refractivity contribution in [2.45, 2.75) is 38.4 Å². The molecule has 1 atom stereocenters. The Bertz CT molecular complexity index is 1130. The van der Waals surface area contributed by atoms with Crippen molar-refractivity contribution >= 4 is 11.0 Å². The molecule has 0 spiro atoms. The number of fused-ring (bicyclic) bond motifs is 1. The molecule has 28 heavy (non-hydrogen) atoms. The minimum atomic E-state index is -4.42. The van der Waals surface area contributed by atoms with E-state index >= 15 is 0 Å². The molecule has 1 aliphatic rings. The van der Waals surface area contributed by atoms with Crippen LogP contribution >= 0.6 is 0 Å². The van der Waals surface area contributed by atoms with Crippen LogP contribution in [-0.2, 0) is 12.6 Å². The molecule has 2 heterocycles. The lowest BCUT2D eigenvalue weighted by Crippen LogP contribution is -2.15. The molecular formula is C19H16F3N5O. The molecule has 6 nitrogen and oxygen atoms in total. The fourth-order valence-corrected chi connectivity index (χ4v) is 3.22. The third kappa shape index (κ3) is 3.26. The zero-order chi connectivity index (χ0) is 20.1. The van der Waals surface area contributed by atoms with Gasteiger partial charge in [-0.1, -0.05) is 12.1 Å². The minimum absolute atomic E-state index is 0.0551. The van der Waals surface area contributed by atoms with Crippen LogP contribution in [0.5, 0.6) is 0 Å². The highest BCUT2D eigenvalue weighted by atomic mass is 19.4. The molecule has 0 saturated heterocycles. The van der Waals surface area contributed by atoms with Gasteiger partial charge in [0.25, 0.3) is 5.56 Å².